The van der Waals surface area contributed by atoms with Gasteiger partial charge in [-0.2, -0.15) is 0 Å². The molecule has 3 nitrogen and oxygen atoms in total. The molecule has 1 aromatic carbocycles. The number of hydrogen-bond donors (Lipinski definition) is 0. The molecule has 1 aliphatic heterocycles. The quantitative estimate of drug-likeness (QED) is 0.846. The van der Waals surface area contributed by atoms with Crippen LogP contribution in [0.1, 0.15) is 16.7 Å². The van der Waals surface area contributed by atoms with Gasteiger partial charge in [0.2, 0.25) is 0 Å². The lowest BCUT2D eigenvalue weighted by molar-refractivity contribution is 0.312. The first-order chi connectivity index (χ1) is 10.5. The largest absolute Gasteiger partial charge is 0.354 e. The smallest absolute Gasteiger partial charge is 0.129 e. The summed E-state index contributed by atoms with van der Waals surface area (Å²) < 4.78 is 0. The number of nitrogens with zero attached hydrogens (tertiary/aromatic N) is 3. The fourth-order valence-corrected chi connectivity index (χ4v) is 3.36. The van der Waals surface area contributed by atoms with Crippen LogP contribution in [0.4, 0.5) is 5.82 Å². The zero-order valence-electron chi connectivity index (χ0n) is 14.1. The zero-order valence-corrected chi connectivity index (χ0v) is 14.1. The molecule has 22 heavy (non-hydrogen) atoms. The minimum atomic E-state index is 1.05. The van der Waals surface area contributed by atoms with Gasteiger partial charge in [-0.25, -0.2) is 4.98 Å². The van der Waals surface area contributed by atoms with E-state index in [9.17, 15) is 0 Å². The molecule has 1 aromatic heterocycles. The Morgan fingerprint density at radius 1 is 0.909 bits per heavy atom. The number of aryl methyl sites for hydroxylation is 3. The van der Waals surface area contributed by atoms with Crippen LogP contribution in [-0.4, -0.2) is 43.1 Å². The van der Waals surface area contributed by atoms with Crippen molar-refractivity contribution >= 4 is 5.82 Å². The highest BCUT2D eigenvalue weighted by Crippen LogP contribution is 2.28. The molecule has 0 spiro atoms. The summed E-state index contributed by atoms with van der Waals surface area (Å²) in [5.41, 5.74) is 6.29. The highest BCUT2D eigenvalue weighted by atomic mass is 15.3. The molecule has 0 atom stereocenters. The maximum Gasteiger partial charge on any atom is 0.129 e. The summed E-state index contributed by atoms with van der Waals surface area (Å²) >= 11 is 0. The van der Waals surface area contributed by atoms with Gasteiger partial charge in [0, 0.05) is 31.7 Å². The Labute approximate surface area is 133 Å². The Bertz CT molecular complexity index is 647. The Kier molecular flexibility index (Phi) is 4.16. The van der Waals surface area contributed by atoms with E-state index < -0.39 is 0 Å². The number of hydrogen-bond acceptors (Lipinski definition) is 3. The number of pyridine rings is 1. The van der Waals surface area contributed by atoms with E-state index in [0.29, 0.717) is 0 Å². The molecule has 0 N–H and O–H groups in total. The molecule has 0 saturated carbocycles. The first-order valence-electron chi connectivity index (χ1n) is 8.03. The highest BCUT2D eigenvalue weighted by Gasteiger charge is 2.16. The van der Waals surface area contributed by atoms with Crippen molar-refractivity contribution in [2.75, 3.05) is 38.1 Å². The van der Waals surface area contributed by atoms with Gasteiger partial charge >= 0.3 is 0 Å². The maximum atomic E-state index is 4.95. The van der Waals surface area contributed by atoms with E-state index in [1.165, 1.54) is 22.3 Å². The summed E-state index contributed by atoms with van der Waals surface area (Å²) in [6, 6.07) is 10.9. The Morgan fingerprint density at radius 2 is 1.55 bits per heavy atom. The van der Waals surface area contributed by atoms with Crippen molar-refractivity contribution in [3.8, 4) is 11.3 Å². The second-order valence-electron chi connectivity index (χ2n) is 6.45. The number of anilines is 1. The average molecular weight is 295 g/mol. The molecule has 2 aromatic rings. The Morgan fingerprint density at radius 3 is 2.18 bits per heavy atom. The Hall–Kier alpha value is -1.87. The number of rotatable bonds is 2. The van der Waals surface area contributed by atoms with Crippen LogP contribution in [0.5, 0.6) is 0 Å². The lowest BCUT2D eigenvalue weighted by atomic mass is 9.97. The summed E-state index contributed by atoms with van der Waals surface area (Å²) in [6.45, 7) is 10.8. The van der Waals surface area contributed by atoms with Crippen molar-refractivity contribution in [3.05, 3.63) is 47.0 Å². The SMILES string of the molecule is Cc1cc(C)c(-c2cccc(N3CCN(C)CC3)n2)c(C)c1. The van der Waals surface area contributed by atoms with Gasteiger partial charge in [-0.05, 0) is 51.1 Å². The van der Waals surface area contributed by atoms with Gasteiger partial charge in [-0.3, -0.25) is 0 Å². The van der Waals surface area contributed by atoms with Crippen LogP contribution in [0.15, 0.2) is 30.3 Å². The first kappa shape index (κ1) is 15.0. The summed E-state index contributed by atoms with van der Waals surface area (Å²) in [5, 5.41) is 0. The van der Waals surface area contributed by atoms with Crippen LogP contribution >= 0.6 is 0 Å². The molecule has 1 aliphatic rings. The molecule has 116 valence electrons. The third-order valence-electron chi connectivity index (χ3n) is 4.49. The first-order valence-corrected chi connectivity index (χ1v) is 8.03. The highest BCUT2D eigenvalue weighted by molar-refractivity contribution is 5.69. The van der Waals surface area contributed by atoms with Crippen LogP contribution in [0.2, 0.25) is 0 Å². The van der Waals surface area contributed by atoms with Gasteiger partial charge in [0.15, 0.2) is 0 Å². The fraction of sp³-hybridized carbons (Fsp3) is 0.421. The molecule has 0 radical (unpaired) electrons. The van der Waals surface area contributed by atoms with E-state index in [1.807, 2.05) is 0 Å². The number of likely N-dealkylation sites (N-methyl/N-ethyl adjacent to an activating group) is 1. The molecule has 3 rings (SSSR count). The monoisotopic (exact) mass is 295 g/mol. The molecule has 0 bridgehead atoms. The predicted molar refractivity (Wildman–Crippen MR) is 93.6 cm³/mol. The lowest BCUT2D eigenvalue weighted by Crippen LogP contribution is -2.44. The third-order valence-corrected chi connectivity index (χ3v) is 4.49. The molecule has 3 heteroatoms. The molecular weight excluding hydrogens is 270 g/mol. The van der Waals surface area contributed by atoms with Crippen LogP contribution in [-0.2, 0) is 0 Å². The van der Waals surface area contributed by atoms with Gasteiger partial charge in [0.05, 0.1) is 5.69 Å². The van der Waals surface area contributed by atoms with E-state index in [2.05, 4.69) is 68.0 Å². The van der Waals surface area contributed by atoms with Crippen LogP contribution < -0.4 is 4.90 Å². The molecule has 1 fully saturated rings. The minimum Gasteiger partial charge on any atom is -0.354 e. The standard InChI is InChI=1S/C19H25N3/c1-14-12-15(2)19(16(3)13-14)17-6-5-7-18(20-17)22-10-8-21(4)9-11-22/h5-7,12-13H,8-11H2,1-4H3. The predicted octanol–water partition coefficient (Wildman–Crippen LogP) is 3.43. The van der Waals surface area contributed by atoms with Gasteiger partial charge in [0.1, 0.15) is 5.82 Å². The van der Waals surface area contributed by atoms with E-state index in [4.69, 9.17) is 4.98 Å². The third kappa shape index (κ3) is 3.00. The van der Waals surface area contributed by atoms with Crippen molar-refractivity contribution in [2.45, 2.75) is 20.8 Å². The number of benzene rings is 1. The van der Waals surface area contributed by atoms with Crippen molar-refractivity contribution in [2.24, 2.45) is 0 Å². The minimum absolute atomic E-state index is 1.05. The number of aromatic nitrogens is 1. The second kappa shape index (κ2) is 6.09. The molecule has 2 heterocycles. The topological polar surface area (TPSA) is 19.4 Å². The van der Waals surface area contributed by atoms with Crippen molar-refractivity contribution in [1.82, 2.24) is 9.88 Å². The summed E-state index contributed by atoms with van der Waals surface area (Å²) in [6.07, 6.45) is 0. The van der Waals surface area contributed by atoms with Crippen LogP contribution in [0, 0.1) is 20.8 Å². The summed E-state index contributed by atoms with van der Waals surface area (Å²) in [7, 11) is 2.18. The van der Waals surface area contributed by atoms with Crippen molar-refractivity contribution in [1.29, 1.82) is 0 Å². The van der Waals surface area contributed by atoms with Crippen LogP contribution in [0.25, 0.3) is 11.3 Å². The van der Waals surface area contributed by atoms with Gasteiger partial charge in [0.25, 0.3) is 0 Å². The number of piperazine rings is 1. The van der Waals surface area contributed by atoms with Gasteiger partial charge < -0.3 is 9.80 Å². The van der Waals surface area contributed by atoms with Crippen molar-refractivity contribution < 1.29 is 0 Å². The van der Waals surface area contributed by atoms with E-state index in [0.717, 1.165) is 37.7 Å². The molecular formula is C19H25N3. The Balaban J connectivity index is 1.95. The van der Waals surface area contributed by atoms with Crippen LogP contribution in [0.3, 0.4) is 0 Å². The summed E-state index contributed by atoms with van der Waals surface area (Å²) in [5.74, 6) is 1.10. The van der Waals surface area contributed by atoms with Crippen molar-refractivity contribution in [3.63, 3.8) is 0 Å². The second-order valence-corrected chi connectivity index (χ2v) is 6.45. The van der Waals surface area contributed by atoms with Gasteiger partial charge in [-0.15, -0.1) is 0 Å². The maximum absolute atomic E-state index is 4.95. The molecule has 0 amide bonds. The summed E-state index contributed by atoms with van der Waals surface area (Å²) in [4.78, 5) is 9.71. The molecule has 1 saturated heterocycles. The average Bonchev–Trinajstić information content (AvgIpc) is 2.47. The van der Waals surface area contributed by atoms with E-state index in [-0.39, 0.29) is 0 Å². The van der Waals surface area contributed by atoms with E-state index >= 15 is 0 Å². The molecule has 0 unspecified atom stereocenters. The zero-order chi connectivity index (χ0) is 15.7. The fourth-order valence-electron chi connectivity index (χ4n) is 3.36. The lowest BCUT2D eigenvalue weighted by Gasteiger charge is -2.33. The van der Waals surface area contributed by atoms with Gasteiger partial charge in [-0.1, -0.05) is 23.8 Å². The van der Waals surface area contributed by atoms with E-state index in [1.54, 1.807) is 0 Å². The normalized spacial score (nSPS) is 16.1. The molecule has 0 aliphatic carbocycles.